The Balaban J connectivity index is 1.15. The highest BCUT2D eigenvalue weighted by Crippen LogP contribution is 2.47. The molecule has 2 aromatic heterocycles. The van der Waals surface area contributed by atoms with Gasteiger partial charge in [0.2, 0.25) is 0 Å². The number of thiophene rings is 1. The SMILES string of the molecule is c1ccc(-c2ccc(N(c3cccc(-c4cccc5sc6ccc7c8ccccc8oc7c6c45)c3)c3cc4ccccc4c4ccccc34)cc2)cc1. The molecular weight excluding hydrogens is 663 g/mol. The lowest BCUT2D eigenvalue weighted by Gasteiger charge is -2.28. The Morgan fingerprint density at radius 3 is 1.94 bits per heavy atom. The standard InChI is InChI=1S/C50H31NOS/c1-2-12-32(13-3-1)33-24-26-36(27-25-33)51(44-31-35-14-4-5-17-38(35)40-18-6-7-19-41(40)44)37-16-10-15-34(30-37)39-21-11-23-46-48(39)49-47(53-46)29-28-43-42-20-8-9-22-45(42)52-50(43)49/h1-31H. The number of nitrogens with zero attached hydrogens (tertiary/aromatic N) is 1. The highest BCUT2D eigenvalue weighted by atomic mass is 32.1. The summed E-state index contributed by atoms with van der Waals surface area (Å²) in [6.45, 7) is 0. The van der Waals surface area contributed by atoms with Crippen molar-refractivity contribution in [2.24, 2.45) is 0 Å². The number of anilines is 3. The topological polar surface area (TPSA) is 16.4 Å². The summed E-state index contributed by atoms with van der Waals surface area (Å²) in [7, 11) is 0. The van der Waals surface area contributed by atoms with Gasteiger partial charge in [0, 0.05) is 47.7 Å². The van der Waals surface area contributed by atoms with E-state index >= 15 is 0 Å². The molecule has 9 aromatic carbocycles. The Kier molecular flexibility index (Phi) is 6.76. The Labute approximate surface area is 310 Å². The largest absolute Gasteiger partial charge is 0.455 e. The molecule has 0 atom stereocenters. The second kappa shape index (κ2) is 11.9. The third-order valence-electron chi connectivity index (χ3n) is 10.6. The molecule has 0 aliphatic rings. The quantitative estimate of drug-likeness (QED) is 0.167. The van der Waals surface area contributed by atoms with Crippen LogP contribution in [-0.4, -0.2) is 0 Å². The highest BCUT2D eigenvalue weighted by Gasteiger charge is 2.21. The Hall–Kier alpha value is -6.68. The molecule has 0 N–H and O–H groups in total. The zero-order valence-corrected chi connectivity index (χ0v) is 29.5. The van der Waals surface area contributed by atoms with Gasteiger partial charge in [-0.05, 0) is 93.0 Å². The maximum Gasteiger partial charge on any atom is 0.144 e. The van der Waals surface area contributed by atoms with Crippen molar-refractivity contribution in [3.05, 3.63) is 188 Å². The lowest BCUT2D eigenvalue weighted by molar-refractivity contribution is 0.673. The maximum atomic E-state index is 6.62. The zero-order valence-electron chi connectivity index (χ0n) is 28.7. The molecule has 11 aromatic rings. The molecule has 0 spiro atoms. The van der Waals surface area contributed by atoms with Gasteiger partial charge in [0.25, 0.3) is 0 Å². The molecule has 0 saturated heterocycles. The molecule has 11 rings (SSSR count). The van der Waals surface area contributed by atoms with E-state index in [0.717, 1.165) is 44.6 Å². The minimum Gasteiger partial charge on any atom is -0.455 e. The van der Waals surface area contributed by atoms with Gasteiger partial charge in [-0.25, -0.2) is 0 Å². The van der Waals surface area contributed by atoms with Crippen LogP contribution in [0, 0.1) is 0 Å². The second-order valence-corrected chi connectivity index (χ2v) is 14.7. The lowest BCUT2D eigenvalue weighted by atomic mass is 9.96. The van der Waals surface area contributed by atoms with Crippen molar-refractivity contribution in [1.82, 2.24) is 0 Å². The molecule has 0 bridgehead atoms. The van der Waals surface area contributed by atoms with Crippen LogP contribution in [0.15, 0.2) is 192 Å². The van der Waals surface area contributed by atoms with Crippen LogP contribution in [0.4, 0.5) is 17.1 Å². The molecule has 2 heterocycles. The van der Waals surface area contributed by atoms with Crippen molar-refractivity contribution in [2.75, 3.05) is 4.90 Å². The fraction of sp³-hybridized carbons (Fsp3) is 0. The van der Waals surface area contributed by atoms with E-state index in [4.69, 9.17) is 4.42 Å². The van der Waals surface area contributed by atoms with E-state index in [1.165, 1.54) is 58.4 Å². The number of rotatable bonds is 5. The van der Waals surface area contributed by atoms with Crippen molar-refractivity contribution in [2.45, 2.75) is 0 Å². The van der Waals surface area contributed by atoms with Crippen molar-refractivity contribution in [3.8, 4) is 22.3 Å². The van der Waals surface area contributed by atoms with Crippen LogP contribution in [0.25, 0.3) is 85.9 Å². The smallest absolute Gasteiger partial charge is 0.144 e. The van der Waals surface area contributed by atoms with E-state index in [2.05, 4.69) is 187 Å². The summed E-state index contributed by atoms with van der Waals surface area (Å²) in [6, 6.07) is 68.0. The van der Waals surface area contributed by atoms with Gasteiger partial charge in [0.15, 0.2) is 0 Å². The average molecular weight is 694 g/mol. The molecule has 3 heteroatoms. The van der Waals surface area contributed by atoms with Crippen LogP contribution in [-0.2, 0) is 0 Å². The summed E-state index contributed by atoms with van der Waals surface area (Å²) >= 11 is 1.83. The molecule has 0 saturated carbocycles. The van der Waals surface area contributed by atoms with Gasteiger partial charge < -0.3 is 9.32 Å². The number of fused-ring (bicyclic) bond motifs is 10. The summed E-state index contributed by atoms with van der Waals surface area (Å²) < 4.78 is 9.11. The third kappa shape index (κ3) is 4.78. The predicted octanol–water partition coefficient (Wildman–Crippen LogP) is 15.1. The minimum atomic E-state index is 0.922. The van der Waals surface area contributed by atoms with Gasteiger partial charge in [-0.3, -0.25) is 0 Å². The van der Waals surface area contributed by atoms with E-state index < -0.39 is 0 Å². The first-order valence-electron chi connectivity index (χ1n) is 18.0. The van der Waals surface area contributed by atoms with Gasteiger partial charge in [-0.2, -0.15) is 0 Å². The van der Waals surface area contributed by atoms with Crippen LogP contribution in [0.2, 0.25) is 0 Å². The van der Waals surface area contributed by atoms with Gasteiger partial charge in [0.1, 0.15) is 11.2 Å². The van der Waals surface area contributed by atoms with E-state index in [1.807, 2.05) is 17.4 Å². The summed E-state index contributed by atoms with van der Waals surface area (Å²) in [5.41, 5.74) is 9.99. The number of hydrogen-bond acceptors (Lipinski definition) is 3. The fourth-order valence-corrected chi connectivity index (χ4v) is 9.35. The van der Waals surface area contributed by atoms with Crippen LogP contribution < -0.4 is 4.90 Å². The van der Waals surface area contributed by atoms with Crippen LogP contribution in [0.5, 0.6) is 0 Å². The Morgan fingerprint density at radius 2 is 1.08 bits per heavy atom. The zero-order chi connectivity index (χ0) is 34.9. The van der Waals surface area contributed by atoms with Crippen molar-refractivity contribution < 1.29 is 4.42 Å². The molecule has 0 amide bonds. The van der Waals surface area contributed by atoms with Gasteiger partial charge in [-0.15, -0.1) is 11.3 Å². The average Bonchev–Trinajstić information content (AvgIpc) is 3.80. The number of benzene rings is 9. The van der Waals surface area contributed by atoms with Crippen molar-refractivity contribution in [3.63, 3.8) is 0 Å². The van der Waals surface area contributed by atoms with E-state index in [9.17, 15) is 0 Å². The molecule has 53 heavy (non-hydrogen) atoms. The molecule has 0 radical (unpaired) electrons. The van der Waals surface area contributed by atoms with Crippen LogP contribution in [0.3, 0.4) is 0 Å². The number of hydrogen-bond donors (Lipinski definition) is 0. The highest BCUT2D eigenvalue weighted by molar-refractivity contribution is 7.26. The summed E-state index contributed by atoms with van der Waals surface area (Å²) in [5, 5.41) is 9.66. The van der Waals surface area contributed by atoms with E-state index in [0.29, 0.717) is 0 Å². The normalized spacial score (nSPS) is 11.8. The first-order chi connectivity index (χ1) is 26.3. The second-order valence-electron chi connectivity index (χ2n) is 13.7. The minimum absolute atomic E-state index is 0.922. The third-order valence-corrected chi connectivity index (χ3v) is 11.8. The Morgan fingerprint density at radius 1 is 0.396 bits per heavy atom. The first kappa shape index (κ1) is 30.0. The molecule has 2 nitrogen and oxygen atoms in total. The van der Waals surface area contributed by atoms with E-state index in [-0.39, 0.29) is 0 Å². The van der Waals surface area contributed by atoms with Gasteiger partial charge in [0.05, 0.1) is 5.69 Å². The monoisotopic (exact) mass is 693 g/mol. The first-order valence-corrected chi connectivity index (χ1v) is 18.8. The molecule has 248 valence electrons. The van der Waals surface area contributed by atoms with Crippen LogP contribution >= 0.6 is 11.3 Å². The molecule has 0 aliphatic carbocycles. The summed E-state index contributed by atoms with van der Waals surface area (Å²) in [6.07, 6.45) is 0. The number of para-hydroxylation sites is 1. The summed E-state index contributed by atoms with van der Waals surface area (Å²) in [4.78, 5) is 2.43. The van der Waals surface area contributed by atoms with Crippen molar-refractivity contribution >= 4 is 92.1 Å². The molecule has 0 unspecified atom stereocenters. The van der Waals surface area contributed by atoms with Gasteiger partial charge >= 0.3 is 0 Å². The molecule has 0 fully saturated rings. The van der Waals surface area contributed by atoms with Gasteiger partial charge in [-0.1, -0.05) is 133 Å². The van der Waals surface area contributed by atoms with E-state index in [1.54, 1.807) is 0 Å². The molecular formula is C50H31NOS. The lowest BCUT2D eigenvalue weighted by Crippen LogP contribution is -2.10. The fourth-order valence-electron chi connectivity index (χ4n) is 8.22. The van der Waals surface area contributed by atoms with Crippen LogP contribution in [0.1, 0.15) is 0 Å². The number of furan rings is 1. The maximum absolute atomic E-state index is 6.62. The van der Waals surface area contributed by atoms with Crippen molar-refractivity contribution in [1.29, 1.82) is 0 Å². The molecule has 0 aliphatic heterocycles. The predicted molar refractivity (Wildman–Crippen MR) is 227 cm³/mol. The Bertz CT molecular complexity index is 3170. The summed E-state index contributed by atoms with van der Waals surface area (Å²) in [5.74, 6) is 0.